The summed E-state index contributed by atoms with van der Waals surface area (Å²) in [5, 5.41) is 0. The van der Waals surface area contributed by atoms with E-state index < -0.39 is 0 Å². The summed E-state index contributed by atoms with van der Waals surface area (Å²) in [4.78, 5) is 12.6. The third-order valence-corrected chi connectivity index (χ3v) is 3.71. The van der Waals surface area contributed by atoms with Crippen molar-refractivity contribution in [3.63, 3.8) is 0 Å². The molecule has 0 fully saturated rings. The number of fused-ring (bicyclic) bond motifs is 1. The Balaban J connectivity index is 2.28. The van der Waals surface area contributed by atoms with E-state index >= 15 is 0 Å². The number of para-hydroxylation sites is 3. The molecule has 0 atom stereocenters. The van der Waals surface area contributed by atoms with E-state index in [4.69, 9.17) is 0 Å². The molecule has 0 saturated carbocycles. The average Bonchev–Trinajstić information content (AvgIpc) is 2.80. The number of benzene rings is 2. The fraction of sp³-hybridized carbons (Fsp3) is 0.211. The Bertz CT molecular complexity index is 935. The van der Waals surface area contributed by atoms with Crippen LogP contribution in [0.25, 0.3) is 16.7 Å². The van der Waals surface area contributed by atoms with Gasteiger partial charge in [0.2, 0.25) is 0 Å². The van der Waals surface area contributed by atoms with Crippen molar-refractivity contribution in [2.45, 2.75) is 19.8 Å². The van der Waals surface area contributed by atoms with E-state index in [2.05, 4.69) is 18.8 Å². The maximum Gasteiger partial charge on any atom is 0.333 e. The molecule has 3 heteroatoms. The first-order valence-electron chi connectivity index (χ1n) is 7.48. The van der Waals surface area contributed by atoms with E-state index in [0.29, 0.717) is 0 Å². The number of aryl methyl sites for hydroxylation is 1. The van der Waals surface area contributed by atoms with E-state index in [1.807, 2.05) is 48.5 Å². The third kappa shape index (κ3) is 2.33. The molecule has 2 aromatic carbocycles. The summed E-state index contributed by atoms with van der Waals surface area (Å²) in [6.45, 7) is 2.11. The minimum Gasteiger partial charge on any atom is -0.295 e. The summed E-state index contributed by atoms with van der Waals surface area (Å²) >= 11 is 0. The number of nitrogens with zero attached hydrogens (tertiary/aromatic N) is 2. The first-order chi connectivity index (χ1) is 10.7. The maximum absolute atomic E-state index is 12.6. The van der Waals surface area contributed by atoms with E-state index in [0.717, 1.165) is 35.1 Å². The molecule has 0 saturated heterocycles. The molecular weight excluding hydrogens is 272 g/mol. The van der Waals surface area contributed by atoms with Crippen molar-refractivity contribution in [1.29, 1.82) is 0 Å². The molecule has 0 amide bonds. The van der Waals surface area contributed by atoms with Gasteiger partial charge in [0, 0.05) is 19.0 Å². The highest BCUT2D eigenvalue weighted by Gasteiger charge is 2.13. The van der Waals surface area contributed by atoms with Crippen molar-refractivity contribution in [2.24, 2.45) is 7.05 Å². The van der Waals surface area contributed by atoms with Gasteiger partial charge in [-0.3, -0.25) is 9.13 Å². The van der Waals surface area contributed by atoms with E-state index in [-0.39, 0.29) is 5.69 Å². The molecule has 3 aromatic rings. The molecule has 3 nitrogen and oxygen atoms in total. The van der Waals surface area contributed by atoms with Crippen LogP contribution in [0.5, 0.6) is 0 Å². The highest BCUT2D eigenvalue weighted by Crippen LogP contribution is 2.19. The van der Waals surface area contributed by atoms with Gasteiger partial charge in [-0.15, -0.1) is 0 Å². The van der Waals surface area contributed by atoms with Crippen molar-refractivity contribution in [1.82, 2.24) is 9.13 Å². The minimum atomic E-state index is -0.0501. The van der Waals surface area contributed by atoms with Crippen LogP contribution >= 0.6 is 0 Å². The first kappa shape index (κ1) is 14.2. The van der Waals surface area contributed by atoms with Crippen LogP contribution < -0.4 is 5.69 Å². The molecule has 0 radical (unpaired) electrons. The lowest BCUT2D eigenvalue weighted by Gasteiger charge is -2.06. The van der Waals surface area contributed by atoms with Crippen LogP contribution in [-0.4, -0.2) is 9.13 Å². The molecule has 0 N–H and O–H groups in total. The lowest BCUT2D eigenvalue weighted by molar-refractivity contribution is 0.845. The Morgan fingerprint density at radius 2 is 1.68 bits per heavy atom. The molecule has 1 heterocycles. The summed E-state index contributed by atoms with van der Waals surface area (Å²) in [7, 11) is 1.80. The lowest BCUT2D eigenvalue weighted by atomic mass is 10.1. The highest BCUT2D eigenvalue weighted by molar-refractivity contribution is 5.78. The maximum atomic E-state index is 12.6. The predicted molar refractivity (Wildman–Crippen MR) is 90.3 cm³/mol. The number of hydrogen-bond acceptors (Lipinski definition) is 1. The van der Waals surface area contributed by atoms with Gasteiger partial charge in [0.1, 0.15) is 0 Å². The van der Waals surface area contributed by atoms with Crippen LogP contribution in [0.15, 0.2) is 53.3 Å². The van der Waals surface area contributed by atoms with Crippen molar-refractivity contribution >= 4 is 11.0 Å². The minimum absolute atomic E-state index is 0.0501. The average molecular weight is 290 g/mol. The van der Waals surface area contributed by atoms with Gasteiger partial charge in [-0.25, -0.2) is 4.79 Å². The fourth-order valence-electron chi connectivity index (χ4n) is 2.58. The zero-order valence-corrected chi connectivity index (χ0v) is 12.8. The van der Waals surface area contributed by atoms with E-state index in [1.54, 1.807) is 16.2 Å². The molecule has 0 spiro atoms. The van der Waals surface area contributed by atoms with Crippen molar-refractivity contribution < 1.29 is 0 Å². The van der Waals surface area contributed by atoms with Gasteiger partial charge in [-0.1, -0.05) is 43.0 Å². The Morgan fingerprint density at radius 3 is 2.45 bits per heavy atom. The molecular formula is C19H18N2O. The molecule has 0 aliphatic heterocycles. The van der Waals surface area contributed by atoms with Gasteiger partial charge in [-0.2, -0.15) is 0 Å². The first-order valence-corrected chi connectivity index (χ1v) is 7.48. The fourth-order valence-corrected chi connectivity index (χ4v) is 2.58. The molecule has 0 bridgehead atoms. The highest BCUT2D eigenvalue weighted by atomic mass is 16.1. The van der Waals surface area contributed by atoms with Gasteiger partial charge in [0.05, 0.1) is 16.7 Å². The van der Waals surface area contributed by atoms with Gasteiger partial charge < -0.3 is 0 Å². The Hall–Kier alpha value is -2.73. The second kappa shape index (κ2) is 5.95. The monoisotopic (exact) mass is 290 g/mol. The SMILES string of the molecule is CCCC#Cc1ccccc1-n1c(=O)n(C)c2ccccc21. The third-order valence-electron chi connectivity index (χ3n) is 3.71. The summed E-state index contributed by atoms with van der Waals surface area (Å²) in [6, 6.07) is 15.6. The zero-order chi connectivity index (χ0) is 15.5. The van der Waals surface area contributed by atoms with Crippen molar-refractivity contribution in [2.75, 3.05) is 0 Å². The summed E-state index contributed by atoms with van der Waals surface area (Å²) in [6.07, 6.45) is 1.89. The van der Waals surface area contributed by atoms with Crippen LogP contribution in [0.4, 0.5) is 0 Å². The number of rotatable bonds is 2. The van der Waals surface area contributed by atoms with Crippen LogP contribution in [0, 0.1) is 11.8 Å². The Labute approximate surface area is 129 Å². The lowest BCUT2D eigenvalue weighted by Crippen LogP contribution is -2.21. The molecule has 22 heavy (non-hydrogen) atoms. The molecule has 0 aliphatic carbocycles. The van der Waals surface area contributed by atoms with Gasteiger partial charge in [-0.05, 0) is 30.7 Å². The zero-order valence-electron chi connectivity index (χ0n) is 12.8. The summed E-state index contributed by atoms with van der Waals surface area (Å²) in [5.74, 6) is 6.36. The standard InChI is InChI=1S/C19H18N2O/c1-3-4-5-10-15-11-6-7-12-16(15)21-18-14-9-8-13-17(18)20(2)19(21)22/h6-9,11-14H,3-4H2,1-2H3. The van der Waals surface area contributed by atoms with Gasteiger partial charge in [0.25, 0.3) is 0 Å². The van der Waals surface area contributed by atoms with Crippen LogP contribution in [0.2, 0.25) is 0 Å². The molecule has 1 aromatic heterocycles. The van der Waals surface area contributed by atoms with Crippen LogP contribution in [0.3, 0.4) is 0 Å². The van der Waals surface area contributed by atoms with Gasteiger partial charge in [0.15, 0.2) is 0 Å². The molecule has 0 aliphatic rings. The molecule has 0 unspecified atom stereocenters. The normalized spacial score (nSPS) is 10.5. The molecule has 3 rings (SSSR count). The number of imidazole rings is 1. The number of aromatic nitrogens is 2. The predicted octanol–water partition coefficient (Wildman–Crippen LogP) is 3.48. The molecule has 110 valence electrons. The number of unbranched alkanes of at least 4 members (excludes halogenated alkanes) is 1. The van der Waals surface area contributed by atoms with Crippen LogP contribution in [0.1, 0.15) is 25.3 Å². The van der Waals surface area contributed by atoms with Crippen LogP contribution in [-0.2, 0) is 7.05 Å². The number of hydrogen-bond donors (Lipinski definition) is 0. The quantitative estimate of drug-likeness (QED) is 0.664. The second-order valence-corrected chi connectivity index (χ2v) is 5.23. The van der Waals surface area contributed by atoms with E-state index in [1.165, 1.54) is 0 Å². The Kier molecular flexibility index (Phi) is 3.84. The largest absolute Gasteiger partial charge is 0.333 e. The Morgan fingerprint density at radius 1 is 1.00 bits per heavy atom. The topological polar surface area (TPSA) is 26.9 Å². The summed E-state index contributed by atoms with van der Waals surface area (Å²) in [5.41, 5.74) is 3.50. The summed E-state index contributed by atoms with van der Waals surface area (Å²) < 4.78 is 3.41. The van der Waals surface area contributed by atoms with Gasteiger partial charge >= 0.3 is 5.69 Å². The smallest absolute Gasteiger partial charge is 0.295 e. The van der Waals surface area contributed by atoms with E-state index in [9.17, 15) is 4.79 Å². The van der Waals surface area contributed by atoms with Crippen molar-refractivity contribution in [3.05, 3.63) is 64.6 Å². The second-order valence-electron chi connectivity index (χ2n) is 5.23. The van der Waals surface area contributed by atoms with Crippen molar-refractivity contribution in [3.8, 4) is 17.5 Å².